The molecule has 0 spiro atoms. The van der Waals surface area contributed by atoms with Crippen molar-refractivity contribution >= 4 is 23.1 Å². The van der Waals surface area contributed by atoms with E-state index in [1.54, 1.807) is 12.1 Å². The van der Waals surface area contributed by atoms with E-state index in [1.807, 2.05) is 36.5 Å². The van der Waals surface area contributed by atoms with E-state index in [2.05, 4.69) is 20.1 Å². The maximum Gasteiger partial charge on any atom is 0.225 e. The maximum absolute atomic E-state index is 12.1. The summed E-state index contributed by atoms with van der Waals surface area (Å²) in [5.41, 5.74) is 7.12. The Bertz CT molecular complexity index is 668. The second kappa shape index (κ2) is 7.79. The van der Waals surface area contributed by atoms with Gasteiger partial charge in [-0.3, -0.25) is 9.69 Å². The zero-order valence-electron chi connectivity index (χ0n) is 13.7. The summed E-state index contributed by atoms with van der Waals surface area (Å²) in [7, 11) is 0. The average Bonchev–Trinajstić information content (AvgIpc) is 2.61. The van der Waals surface area contributed by atoms with Crippen molar-refractivity contribution in [3.8, 4) is 0 Å². The minimum atomic E-state index is 0.0211. The Kier molecular flexibility index (Phi) is 5.28. The summed E-state index contributed by atoms with van der Waals surface area (Å²) < 4.78 is 0. The van der Waals surface area contributed by atoms with Gasteiger partial charge in [0.2, 0.25) is 5.91 Å². The number of anilines is 3. The third-order valence-corrected chi connectivity index (χ3v) is 4.17. The minimum absolute atomic E-state index is 0.0211. The van der Waals surface area contributed by atoms with Gasteiger partial charge in [0, 0.05) is 56.7 Å². The first kappa shape index (κ1) is 16.3. The second-order valence-electron chi connectivity index (χ2n) is 5.94. The molecule has 1 aliphatic heterocycles. The number of hydrogen-bond donors (Lipinski definition) is 2. The van der Waals surface area contributed by atoms with Crippen molar-refractivity contribution < 1.29 is 4.79 Å². The van der Waals surface area contributed by atoms with Gasteiger partial charge in [-0.1, -0.05) is 12.1 Å². The third kappa shape index (κ3) is 4.45. The summed E-state index contributed by atoms with van der Waals surface area (Å²) in [6.07, 6.45) is 2.31. The first-order valence-corrected chi connectivity index (χ1v) is 8.24. The van der Waals surface area contributed by atoms with Gasteiger partial charge in [0.25, 0.3) is 0 Å². The van der Waals surface area contributed by atoms with Crippen LogP contribution in [-0.4, -0.2) is 48.5 Å². The summed E-state index contributed by atoms with van der Waals surface area (Å²) >= 11 is 0. The molecular weight excluding hydrogens is 302 g/mol. The molecule has 0 bridgehead atoms. The Morgan fingerprint density at radius 3 is 2.67 bits per heavy atom. The van der Waals surface area contributed by atoms with E-state index in [0.717, 1.165) is 44.2 Å². The number of aromatic nitrogens is 1. The average molecular weight is 325 g/mol. The van der Waals surface area contributed by atoms with E-state index in [9.17, 15) is 4.79 Å². The van der Waals surface area contributed by atoms with Crippen molar-refractivity contribution in [3.63, 3.8) is 0 Å². The number of amides is 1. The molecule has 1 amide bonds. The molecule has 0 radical (unpaired) electrons. The van der Waals surface area contributed by atoms with Crippen molar-refractivity contribution in [2.24, 2.45) is 0 Å². The molecule has 1 fully saturated rings. The second-order valence-corrected chi connectivity index (χ2v) is 5.94. The zero-order valence-corrected chi connectivity index (χ0v) is 13.7. The highest BCUT2D eigenvalue weighted by atomic mass is 16.1. The molecule has 3 N–H and O–H groups in total. The van der Waals surface area contributed by atoms with E-state index in [-0.39, 0.29) is 5.91 Å². The fourth-order valence-corrected chi connectivity index (χ4v) is 2.84. The molecule has 2 aromatic rings. The van der Waals surface area contributed by atoms with Crippen LogP contribution in [0.3, 0.4) is 0 Å². The van der Waals surface area contributed by atoms with Crippen LogP contribution in [0.25, 0.3) is 0 Å². The number of pyridine rings is 1. The molecular formula is C18H23N5O. The van der Waals surface area contributed by atoms with Gasteiger partial charge in [-0.05, 0) is 30.3 Å². The molecule has 1 saturated heterocycles. The predicted octanol–water partition coefficient (Wildman–Crippen LogP) is 1.81. The van der Waals surface area contributed by atoms with E-state index >= 15 is 0 Å². The lowest BCUT2D eigenvalue weighted by Crippen LogP contribution is -2.47. The lowest BCUT2D eigenvalue weighted by molar-refractivity contribution is -0.116. The molecule has 2 heterocycles. The van der Waals surface area contributed by atoms with E-state index in [0.29, 0.717) is 12.1 Å². The molecule has 1 aliphatic rings. The quantitative estimate of drug-likeness (QED) is 0.820. The maximum atomic E-state index is 12.1. The third-order valence-electron chi connectivity index (χ3n) is 4.17. The number of nitrogens with two attached hydrogens (primary N) is 1. The van der Waals surface area contributed by atoms with Gasteiger partial charge >= 0.3 is 0 Å². The van der Waals surface area contributed by atoms with E-state index in [4.69, 9.17) is 5.73 Å². The standard InChI is InChI=1S/C18H23N5O/c19-15-4-3-5-16(14-15)21-18(24)7-9-22-10-12-23(13-11-22)17-6-1-2-8-20-17/h1-6,8,14H,7,9-13,19H2,(H,21,24). The molecule has 3 rings (SSSR count). The fraction of sp³-hybridized carbons (Fsp3) is 0.333. The molecule has 24 heavy (non-hydrogen) atoms. The Hall–Kier alpha value is -2.60. The van der Waals surface area contributed by atoms with Crippen LogP contribution >= 0.6 is 0 Å². The number of nitrogens with zero attached hydrogens (tertiary/aromatic N) is 3. The smallest absolute Gasteiger partial charge is 0.225 e. The van der Waals surface area contributed by atoms with Gasteiger partial charge in [-0.15, -0.1) is 0 Å². The Balaban J connectivity index is 1.41. The number of nitrogens with one attached hydrogen (secondary N) is 1. The highest BCUT2D eigenvalue weighted by Gasteiger charge is 2.18. The van der Waals surface area contributed by atoms with Crippen LogP contribution in [0.2, 0.25) is 0 Å². The minimum Gasteiger partial charge on any atom is -0.399 e. The Morgan fingerprint density at radius 2 is 1.96 bits per heavy atom. The summed E-state index contributed by atoms with van der Waals surface area (Å²) in [6.45, 7) is 4.54. The Morgan fingerprint density at radius 1 is 1.12 bits per heavy atom. The molecule has 1 aromatic heterocycles. The number of carbonyl (C=O) groups is 1. The predicted molar refractivity (Wildman–Crippen MR) is 97.0 cm³/mol. The molecule has 0 atom stereocenters. The van der Waals surface area contributed by atoms with Crippen LogP contribution in [0.4, 0.5) is 17.2 Å². The van der Waals surface area contributed by atoms with E-state index < -0.39 is 0 Å². The topological polar surface area (TPSA) is 74.5 Å². The number of nitrogen functional groups attached to an aromatic ring is 1. The number of piperazine rings is 1. The van der Waals surface area contributed by atoms with Gasteiger partial charge in [-0.2, -0.15) is 0 Å². The van der Waals surface area contributed by atoms with Crippen molar-refractivity contribution in [1.82, 2.24) is 9.88 Å². The van der Waals surface area contributed by atoms with Crippen molar-refractivity contribution in [3.05, 3.63) is 48.7 Å². The molecule has 1 aromatic carbocycles. The first-order valence-electron chi connectivity index (χ1n) is 8.24. The molecule has 0 saturated carbocycles. The van der Waals surface area contributed by atoms with Crippen LogP contribution in [0.5, 0.6) is 0 Å². The van der Waals surface area contributed by atoms with Crippen LogP contribution in [0.15, 0.2) is 48.7 Å². The largest absolute Gasteiger partial charge is 0.399 e. The number of hydrogen-bond acceptors (Lipinski definition) is 5. The lowest BCUT2D eigenvalue weighted by Gasteiger charge is -2.35. The van der Waals surface area contributed by atoms with Crippen LogP contribution in [0, 0.1) is 0 Å². The summed E-state index contributed by atoms with van der Waals surface area (Å²) in [5, 5.41) is 2.89. The molecule has 6 nitrogen and oxygen atoms in total. The van der Waals surface area contributed by atoms with Gasteiger partial charge < -0.3 is 16.0 Å². The van der Waals surface area contributed by atoms with Crippen LogP contribution in [-0.2, 0) is 4.79 Å². The van der Waals surface area contributed by atoms with Crippen LogP contribution < -0.4 is 16.0 Å². The summed E-state index contributed by atoms with van der Waals surface area (Å²) in [6, 6.07) is 13.2. The first-order chi connectivity index (χ1) is 11.7. The van der Waals surface area contributed by atoms with Gasteiger partial charge in [-0.25, -0.2) is 4.98 Å². The highest BCUT2D eigenvalue weighted by Crippen LogP contribution is 2.14. The summed E-state index contributed by atoms with van der Waals surface area (Å²) in [4.78, 5) is 21.0. The van der Waals surface area contributed by atoms with Gasteiger partial charge in [0.15, 0.2) is 0 Å². The molecule has 0 unspecified atom stereocenters. The molecule has 6 heteroatoms. The zero-order chi connectivity index (χ0) is 16.8. The Labute approximate surface area is 142 Å². The monoisotopic (exact) mass is 325 g/mol. The fourth-order valence-electron chi connectivity index (χ4n) is 2.84. The number of rotatable bonds is 5. The highest BCUT2D eigenvalue weighted by molar-refractivity contribution is 5.91. The number of carbonyl (C=O) groups excluding carboxylic acids is 1. The van der Waals surface area contributed by atoms with Crippen molar-refractivity contribution in [1.29, 1.82) is 0 Å². The SMILES string of the molecule is Nc1cccc(NC(=O)CCN2CCN(c3ccccn3)CC2)c1. The van der Waals surface area contributed by atoms with E-state index in [1.165, 1.54) is 0 Å². The molecule has 126 valence electrons. The van der Waals surface area contributed by atoms with Crippen LogP contribution in [0.1, 0.15) is 6.42 Å². The lowest BCUT2D eigenvalue weighted by atomic mass is 10.2. The van der Waals surface area contributed by atoms with Gasteiger partial charge in [0.05, 0.1) is 0 Å². The summed E-state index contributed by atoms with van der Waals surface area (Å²) in [5.74, 6) is 1.05. The normalized spacial score (nSPS) is 15.2. The van der Waals surface area contributed by atoms with Crippen molar-refractivity contribution in [2.45, 2.75) is 6.42 Å². The van der Waals surface area contributed by atoms with Crippen molar-refractivity contribution in [2.75, 3.05) is 48.7 Å². The van der Waals surface area contributed by atoms with Gasteiger partial charge in [0.1, 0.15) is 5.82 Å². The number of benzene rings is 1. The molecule has 0 aliphatic carbocycles.